The van der Waals surface area contributed by atoms with E-state index in [-0.39, 0.29) is 5.92 Å². The molecular formula is C19H24N6O. The van der Waals surface area contributed by atoms with Crippen molar-refractivity contribution in [1.29, 1.82) is 0 Å². The number of nitrogens with zero attached hydrogens (tertiary/aromatic N) is 6. The van der Waals surface area contributed by atoms with Crippen LogP contribution in [0.3, 0.4) is 0 Å². The number of hydrogen-bond donors (Lipinski definition) is 0. The second-order valence-electron chi connectivity index (χ2n) is 7.87. The van der Waals surface area contributed by atoms with Gasteiger partial charge in [0.05, 0.1) is 6.33 Å². The van der Waals surface area contributed by atoms with E-state index < -0.39 is 0 Å². The van der Waals surface area contributed by atoms with Crippen molar-refractivity contribution in [2.75, 3.05) is 31.1 Å². The van der Waals surface area contributed by atoms with E-state index in [4.69, 9.17) is 0 Å². The smallest absolute Gasteiger partial charge is 0.226 e. The maximum absolute atomic E-state index is 12.8. The number of aryl methyl sites for hydroxylation is 1. The van der Waals surface area contributed by atoms with Crippen LogP contribution < -0.4 is 4.90 Å². The van der Waals surface area contributed by atoms with Crippen LogP contribution >= 0.6 is 0 Å². The molecule has 136 valence electrons. The van der Waals surface area contributed by atoms with Crippen molar-refractivity contribution in [3.05, 3.63) is 24.8 Å². The molecular weight excluding hydrogens is 328 g/mol. The molecule has 3 unspecified atom stereocenters. The van der Waals surface area contributed by atoms with Gasteiger partial charge in [0, 0.05) is 51.0 Å². The normalized spacial score (nSPS) is 28.1. The maximum Gasteiger partial charge on any atom is 0.226 e. The molecule has 2 saturated heterocycles. The number of amides is 1. The molecule has 0 radical (unpaired) electrons. The second-order valence-corrected chi connectivity index (χ2v) is 7.87. The van der Waals surface area contributed by atoms with Crippen molar-refractivity contribution in [3.8, 4) is 0 Å². The van der Waals surface area contributed by atoms with Gasteiger partial charge in [-0.3, -0.25) is 4.79 Å². The summed E-state index contributed by atoms with van der Waals surface area (Å²) in [6.07, 6.45) is 10.7. The van der Waals surface area contributed by atoms with Crippen LogP contribution in [0.4, 0.5) is 5.82 Å². The molecule has 3 atom stereocenters. The predicted octanol–water partition coefficient (Wildman–Crippen LogP) is 1.61. The molecule has 3 aliphatic rings. The summed E-state index contributed by atoms with van der Waals surface area (Å²) in [6.45, 7) is 3.66. The Labute approximate surface area is 152 Å². The molecule has 1 amide bonds. The zero-order chi connectivity index (χ0) is 17.7. The van der Waals surface area contributed by atoms with E-state index in [0.717, 1.165) is 62.4 Å². The third kappa shape index (κ3) is 2.48. The number of aromatic nitrogens is 4. The first-order valence-corrected chi connectivity index (χ1v) is 9.51. The van der Waals surface area contributed by atoms with E-state index in [9.17, 15) is 4.79 Å². The summed E-state index contributed by atoms with van der Waals surface area (Å²) in [7, 11) is 1.95. The van der Waals surface area contributed by atoms with Gasteiger partial charge in [-0.1, -0.05) is 12.2 Å². The number of carbonyl (C=O) groups is 1. The van der Waals surface area contributed by atoms with Crippen LogP contribution in [0.2, 0.25) is 0 Å². The minimum Gasteiger partial charge on any atom is -0.354 e. The topological polar surface area (TPSA) is 67.2 Å². The summed E-state index contributed by atoms with van der Waals surface area (Å²) in [6, 6.07) is 0. The Morgan fingerprint density at radius 3 is 2.62 bits per heavy atom. The Bertz CT molecular complexity index is 860. The van der Waals surface area contributed by atoms with Crippen LogP contribution in [-0.2, 0) is 11.8 Å². The van der Waals surface area contributed by atoms with Crippen molar-refractivity contribution in [3.63, 3.8) is 0 Å². The molecule has 2 aromatic heterocycles. The summed E-state index contributed by atoms with van der Waals surface area (Å²) in [4.78, 5) is 30.6. The van der Waals surface area contributed by atoms with E-state index in [0.29, 0.717) is 17.7 Å². The summed E-state index contributed by atoms with van der Waals surface area (Å²) < 4.78 is 1.93. The zero-order valence-corrected chi connectivity index (χ0v) is 15.1. The number of fused-ring (bicyclic) bond motifs is 2. The molecule has 4 heterocycles. The third-order valence-electron chi connectivity index (χ3n) is 6.19. The first-order chi connectivity index (χ1) is 12.7. The van der Waals surface area contributed by atoms with Gasteiger partial charge in [0.15, 0.2) is 17.0 Å². The van der Waals surface area contributed by atoms with Gasteiger partial charge in [-0.15, -0.1) is 0 Å². The highest BCUT2D eigenvalue weighted by Gasteiger charge is 2.43. The lowest BCUT2D eigenvalue weighted by Gasteiger charge is -2.26. The Kier molecular flexibility index (Phi) is 3.69. The van der Waals surface area contributed by atoms with E-state index in [2.05, 4.69) is 36.9 Å². The SMILES string of the molecule is Cn1cnc2c(N3CC4CN(C(=O)C5CC=CCC5)CC4C3)ncnc21. The molecule has 7 nitrogen and oxygen atoms in total. The molecule has 0 spiro atoms. The van der Waals surface area contributed by atoms with Gasteiger partial charge in [0.25, 0.3) is 0 Å². The van der Waals surface area contributed by atoms with Gasteiger partial charge in [-0.05, 0) is 19.3 Å². The predicted molar refractivity (Wildman–Crippen MR) is 98.6 cm³/mol. The summed E-state index contributed by atoms with van der Waals surface area (Å²) >= 11 is 0. The van der Waals surface area contributed by atoms with Crippen molar-refractivity contribution in [2.45, 2.75) is 19.3 Å². The molecule has 1 aliphatic carbocycles. The second kappa shape index (κ2) is 6.07. The number of hydrogen-bond acceptors (Lipinski definition) is 5. The molecule has 5 rings (SSSR count). The fourth-order valence-electron chi connectivity index (χ4n) is 4.79. The standard InChI is InChI=1S/C19H24N6O/c1-23-12-22-16-17(23)20-11-21-18(16)24-7-14-9-25(10-15(14)8-24)19(26)13-5-3-2-4-6-13/h2-3,11-15H,4-10H2,1H3. The number of rotatable bonds is 2. The zero-order valence-electron chi connectivity index (χ0n) is 15.1. The highest BCUT2D eigenvalue weighted by atomic mass is 16.2. The van der Waals surface area contributed by atoms with Gasteiger partial charge >= 0.3 is 0 Å². The lowest BCUT2D eigenvalue weighted by Crippen LogP contribution is -2.37. The monoisotopic (exact) mass is 352 g/mol. The molecule has 2 aliphatic heterocycles. The van der Waals surface area contributed by atoms with Crippen LogP contribution in [0.15, 0.2) is 24.8 Å². The van der Waals surface area contributed by atoms with E-state index in [1.807, 2.05) is 11.6 Å². The number of allylic oxidation sites excluding steroid dienone is 2. The maximum atomic E-state index is 12.8. The average Bonchev–Trinajstić information content (AvgIpc) is 3.35. The van der Waals surface area contributed by atoms with Crippen molar-refractivity contribution in [2.24, 2.45) is 24.8 Å². The van der Waals surface area contributed by atoms with Gasteiger partial charge in [0.2, 0.25) is 5.91 Å². The van der Waals surface area contributed by atoms with Gasteiger partial charge in [-0.2, -0.15) is 0 Å². The van der Waals surface area contributed by atoms with Crippen molar-refractivity contribution >= 4 is 22.9 Å². The number of imidazole rings is 1. The Morgan fingerprint density at radius 2 is 1.88 bits per heavy atom. The Balaban J connectivity index is 1.29. The molecule has 0 N–H and O–H groups in total. The summed E-state index contributed by atoms with van der Waals surface area (Å²) in [5, 5.41) is 0. The third-order valence-corrected chi connectivity index (χ3v) is 6.19. The fraction of sp³-hybridized carbons (Fsp3) is 0.579. The molecule has 0 saturated carbocycles. The van der Waals surface area contributed by atoms with Crippen LogP contribution in [0.25, 0.3) is 11.2 Å². The minimum atomic E-state index is 0.199. The van der Waals surface area contributed by atoms with Crippen molar-refractivity contribution < 1.29 is 4.79 Å². The highest BCUT2D eigenvalue weighted by Crippen LogP contribution is 2.36. The quantitative estimate of drug-likeness (QED) is 0.768. The van der Waals surface area contributed by atoms with E-state index >= 15 is 0 Å². The first kappa shape index (κ1) is 15.8. The number of likely N-dealkylation sites (tertiary alicyclic amines) is 1. The van der Waals surface area contributed by atoms with E-state index in [1.54, 1.807) is 12.7 Å². The number of anilines is 1. The van der Waals surface area contributed by atoms with Crippen LogP contribution in [0, 0.1) is 17.8 Å². The van der Waals surface area contributed by atoms with Crippen LogP contribution in [0.5, 0.6) is 0 Å². The lowest BCUT2D eigenvalue weighted by molar-refractivity contribution is -0.135. The minimum absolute atomic E-state index is 0.199. The lowest BCUT2D eigenvalue weighted by atomic mass is 9.93. The van der Waals surface area contributed by atoms with Gasteiger partial charge in [-0.25, -0.2) is 15.0 Å². The largest absolute Gasteiger partial charge is 0.354 e. The molecule has 2 fully saturated rings. The van der Waals surface area contributed by atoms with E-state index in [1.165, 1.54) is 0 Å². The molecule has 0 bridgehead atoms. The fourth-order valence-corrected chi connectivity index (χ4v) is 4.79. The molecule has 2 aromatic rings. The average molecular weight is 352 g/mol. The summed E-state index contributed by atoms with van der Waals surface area (Å²) in [5.41, 5.74) is 1.74. The van der Waals surface area contributed by atoms with Crippen molar-refractivity contribution in [1.82, 2.24) is 24.4 Å². The van der Waals surface area contributed by atoms with Gasteiger partial charge < -0.3 is 14.4 Å². The number of carbonyl (C=O) groups excluding carboxylic acids is 1. The Hall–Kier alpha value is -2.44. The van der Waals surface area contributed by atoms with Crippen LogP contribution in [0.1, 0.15) is 19.3 Å². The first-order valence-electron chi connectivity index (χ1n) is 9.51. The summed E-state index contributed by atoms with van der Waals surface area (Å²) in [5.74, 6) is 2.56. The van der Waals surface area contributed by atoms with Gasteiger partial charge in [0.1, 0.15) is 6.33 Å². The van der Waals surface area contributed by atoms with Crippen LogP contribution in [-0.4, -0.2) is 56.5 Å². The molecule has 0 aromatic carbocycles. The Morgan fingerprint density at radius 1 is 1.08 bits per heavy atom. The highest BCUT2D eigenvalue weighted by molar-refractivity contribution is 5.83. The molecule has 26 heavy (non-hydrogen) atoms. The molecule has 7 heteroatoms.